The molecular formula is C15H18F2N4O5. The van der Waals surface area contributed by atoms with Crippen LogP contribution in [0.15, 0.2) is 18.2 Å². The highest BCUT2D eigenvalue weighted by atomic mass is 19.3. The minimum Gasteiger partial charge on any atom is -0.433 e. The summed E-state index contributed by atoms with van der Waals surface area (Å²) >= 11 is 0. The first-order valence-electron chi connectivity index (χ1n) is 7.58. The lowest BCUT2D eigenvalue weighted by Gasteiger charge is -2.27. The first-order chi connectivity index (χ1) is 12.3. The zero-order chi connectivity index (χ0) is 19.3. The van der Waals surface area contributed by atoms with Crippen LogP contribution in [0.4, 0.5) is 20.2 Å². The van der Waals surface area contributed by atoms with Gasteiger partial charge in [0.25, 0.3) is 11.8 Å². The average molecular weight is 372 g/mol. The number of benzene rings is 1. The maximum absolute atomic E-state index is 12.7. The van der Waals surface area contributed by atoms with Gasteiger partial charge in [-0.2, -0.15) is 8.78 Å². The summed E-state index contributed by atoms with van der Waals surface area (Å²) in [7, 11) is 1.35. The number of alkyl halides is 2. The molecule has 1 heterocycles. The minimum atomic E-state index is -3.16. The van der Waals surface area contributed by atoms with E-state index >= 15 is 0 Å². The van der Waals surface area contributed by atoms with Gasteiger partial charge in [0.2, 0.25) is 5.91 Å². The molecule has 11 heteroatoms. The molecule has 0 bridgehead atoms. The number of likely N-dealkylation sites (N-methyl/N-ethyl adjacent to an activating group) is 1. The second-order valence-corrected chi connectivity index (χ2v) is 5.27. The van der Waals surface area contributed by atoms with Crippen LogP contribution in [0.25, 0.3) is 0 Å². The molecule has 0 aliphatic carbocycles. The van der Waals surface area contributed by atoms with Crippen molar-refractivity contribution in [3.63, 3.8) is 0 Å². The van der Waals surface area contributed by atoms with E-state index < -0.39 is 24.5 Å². The third kappa shape index (κ3) is 4.64. The van der Waals surface area contributed by atoms with Crippen LogP contribution < -0.4 is 26.0 Å². The van der Waals surface area contributed by atoms with E-state index in [4.69, 9.17) is 10.5 Å². The number of primary amides is 1. The van der Waals surface area contributed by atoms with Crippen molar-refractivity contribution in [3.05, 3.63) is 18.2 Å². The van der Waals surface area contributed by atoms with E-state index in [1.807, 2.05) is 0 Å². The Morgan fingerprint density at radius 1 is 1.38 bits per heavy atom. The van der Waals surface area contributed by atoms with Gasteiger partial charge in [0.1, 0.15) is 6.61 Å². The lowest BCUT2D eigenvalue weighted by molar-refractivity contribution is -0.128. The summed E-state index contributed by atoms with van der Waals surface area (Å²) in [4.78, 5) is 36.5. The van der Waals surface area contributed by atoms with Crippen LogP contribution in [0, 0.1) is 0 Å². The fourth-order valence-corrected chi connectivity index (χ4v) is 2.37. The number of carbonyl (C=O) groups is 3. The van der Waals surface area contributed by atoms with Crippen LogP contribution in [0.5, 0.6) is 5.75 Å². The third-order valence-corrected chi connectivity index (χ3v) is 3.57. The molecule has 1 aromatic carbocycles. The summed E-state index contributed by atoms with van der Waals surface area (Å²) in [5.74, 6) is -2.46. The lowest BCUT2D eigenvalue weighted by Crippen LogP contribution is -2.48. The first-order valence-corrected chi connectivity index (χ1v) is 7.58. The molecule has 0 radical (unpaired) electrons. The lowest BCUT2D eigenvalue weighted by atomic mass is 10.2. The Bertz CT molecular complexity index is 701. The Balaban J connectivity index is 2.29. The van der Waals surface area contributed by atoms with E-state index in [9.17, 15) is 23.2 Å². The molecule has 1 aromatic rings. The smallest absolute Gasteiger partial charge is 0.387 e. The number of nitrogens with one attached hydrogen (secondary N) is 2. The number of halogens is 2. The highest BCUT2D eigenvalue weighted by Gasteiger charge is 2.25. The van der Waals surface area contributed by atoms with E-state index in [1.165, 1.54) is 30.1 Å². The fraction of sp³-hybridized carbons (Fsp3) is 0.400. The van der Waals surface area contributed by atoms with Crippen molar-refractivity contribution in [1.82, 2.24) is 5.32 Å². The predicted octanol–water partition coefficient (Wildman–Crippen LogP) is -0.337. The summed E-state index contributed by atoms with van der Waals surface area (Å²) in [5, 5.41) is 4.71. The number of amides is 3. The van der Waals surface area contributed by atoms with Crippen molar-refractivity contribution in [2.24, 2.45) is 5.73 Å². The Hall–Kier alpha value is -2.79. The molecule has 1 fully saturated rings. The predicted molar refractivity (Wildman–Crippen MR) is 86.9 cm³/mol. The molecular weight excluding hydrogens is 354 g/mol. The van der Waals surface area contributed by atoms with Gasteiger partial charge in [0.15, 0.2) is 11.8 Å². The van der Waals surface area contributed by atoms with E-state index in [1.54, 1.807) is 0 Å². The van der Waals surface area contributed by atoms with Crippen molar-refractivity contribution >= 4 is 29.1 Å². The van der Waals surface area contributed by atoms with Gasteiger partial charge < -0.3 is 30.7 Å². The average Bonchev–Trinajstić information content (AvgIpc) is 2.56. The SMILES string of the molecule is CN[C@H](C(N)=O)C(=O)Nc1ccc(N2CCOCC2=O)cc1OC(F)F. The number of rotatable bonds is 7. The molecule has 9 nitrogen and oxygen atoms in total. The zero-order valence-electron chi connectivity index (χ0n) is 13.8. The van der Waals surface area contributed by atoms with Gasteiger partial charge in [-0.3, -0.25) is 14.4 Å². The number of hydrogen-bond acceptors (Lipinski definition) is 6. The zero-order valence-corrected chi connectivity index (χ0v) is 13.8. The molecule has 1 saturated heterocycles. The molecule has 0 aromatic heterocycles. The van der Waals surface area contributed by atoms with Gasteiger partial charge in [-0.05, 0) is 19.2 Å². The van der Waals surface area contributed by atoms with Gasteiger partial charge in [-0.25, -0.2) is 0 Å². The number of morpholine rings is 1. The maximum Gasteiger partial charge on any atom is 0.387 e. The minimum absolute atomic E-state index is 0.0961. The summed E-state index contributed by atoms with van der Waals surface area (Å²) in [5.41, 5.74) is 5.30. The van der Waals surface area contributed by atoms with Crippen LogP contribution >= 0.6 is 0 Å². The maximum atomic E-state index is 12.7. The Morgan fingerprint density at radius 3 is 2.69 bits per heavy atom. The monoisotopic (exact) mass is 372 g/mol. The summed E-state index contributed by atoms with van der Waals surface area (Å²) in [6, 6.07) is 2.59. The standard InChI is InChI=1S/C15H18F2N4O5/c1-19-12(13(18)23)14(24)20-9-3-2-8(6-10(9)26-15(16)17)21-4-5-25-7-11(21)22/h2-3,6,12,15,19H,4-5,7H2,1H3,(H2,18,23)(H,20,24)/t12-/m1/s1. The van der Waals surface area contributed by atoms with Crippen LogP contribution in [-0.2, 0) is 19.1 Å². The van der Waals surface area contributed by atoms with E-state index in [0.29, 0.717) is 12.3 Å². The van der Waals surface area contributed by atoms with E-state index in [0.717, 1.165) is 0 Å². The summed E-state index contributed by atoms with van der Waals surface area (Å²) in [6.45, 7) is -2.72. The number of nitrogens with zero attached hydrogens (tertiary/aromatic N) is 1. The van der Waals surface area contributed by atoms with Gasteiger partial charge in [-0.1, -0.05) is 0 Å². The molecule has 4 N–H and O–H groups in total. The van der Waals surface area contributed by atoms with Crippen LogP contribution in [0.3, 0.4) is 0 Å². The van der Waals surface area contributed by atoms with Gasteiger partial charge in [-0.15, -0.1) is 0 Å². The number of nitrogens with two attached hydrogens (primary N) is 1. The van der Waals surface area contributed by atoms with Crippen molar-refractivity contribution in [1.29, 1.82) is 0 Å². The van der Waals surface area contributed by atoms with Crippen LogP contribution in [-0.4, -0.2) is 57.2 Å². The number of ether oxygens (including phenoxy) is 2. The van der Waals surface area contributed by atoms with Crippen LogP contribution in [0.1, 0.15) is 0 Å². The molecule has 142 valence electrons. The molecule has 0 spiro atoms. The number of anilines is 2. The van der Waals surface area contributed by atoms with Crippen molar-refractivity contribution in [2.45, 2.75) is 12.7 Å². The van der Waals surface area contributed by atoms with Gasteiger partial charge in [0, 0.05) is 18.3 Å². The first kappa shape index (κ1) is 19.5. The summed E-state index contributed by atoms with van der Waals surface area (Å²) < 4.78 is 34.9. The highest BCUT2D eigenvalue weighted by Crippen LogP contribution is 2.32. The molecule has 1 atom stereocenters. The largest absolute Gasteiger partial charge is 0.433 e. The van der Waals surface area contributed by atoms with Crippen molar-refractivity contribution < 1.29 is 32.6 Å². The topological polar surface area (TPSA) is 123 Å². The normalized spacial score (nSPS) is 15.7. The van der Waals surface area contributed by atoms with Crippen molar-refractivity contribution in [2.75, 3.05) is 37.0 Å². The van der Waals surface area contributed by atoms with E-state index in [2.05, 4.69) is 15.4 Å². The van der Waals surface area contributed by atoms with E-state index in [-0.39, 0.29) is 30.5 Å². The molecule has 0 saturated carbocycles. The second kappa shape index (κ2) is 8.54. The molecule has 3 amide bonds. The van der Waals surface area contributed by atoms with Crippen molar-refractivity contribution in [3.8, 4) is 5.75 Å². The molecule has 2 rings (SSSR count). The van der Waals surface area contributed by atoms with Gasteiger partial charge >= 0.3 is 6.61 Å². The Labute approximate surface area is 147 Å². The summed E-state index contributed by atoms with van der Waals surface area (Å²) in [6.07, 6.45) is 0. The van der Waals surface area contributed by atoms with Crippen LogP contribution in [0.2, 0.25) is 0 Å². The fourth-order valence-electron chi connectivity index (χ4n) is 2.37. The number of carbonyl (C=O) groups excluding carboxylic acids is 3. The Morgan fingerprint density at radius 2 is 2.12 bits per heavy atom. The van der Waals surface area contributed by atoms with Gasteiger partial charge in [0.05, 0.1) is 12.3 Å². The Kier molecular flexibility index (Phi) is 6.41. The number of hydrogen-bond donors (Lipinski definition) is 3. The second-order valence-electron chi connectivity index (χ2n) is 5.27. The molecule has 26 heavy (non-hydrogen) atoms. The third-order valence-electron chi connectivity index (χ3n) is 3.57. The quantitative estimate of drug-likeness (QED) is 0.563. The molecule has 1 aliphatic rings. The highest BCUT2D eigenvalue weighted by molar-refractivity contribution is 6.10. The molecule has 0 unspecified atom stereocenters. The molecule has 1 aliphatic heterocycles.